The van der Waals surface area contributed by atoms with Crippen molar-refractivity contribution in [3.63, 3.8) is 0 Å². The minimum atomic E-state index is 0.619. The molecule has 0 fully saturated rings. The number of ether oxygens (including phenoxy) is 1. The van der Waals surface area contributed by atoms with E-state index in [1.165, 1.54) is 0 Å². The number of pyridine rings is 1. The summed E-state index contributed by atoms with van der Waals surface area (Å²) in [7, 11) is 1.59. The molecule has 0 aliphatic rings. The van der Waals surface area contributed by atoms with E-state index in [-0.39, 0.29) is 0 Å². The Morgan fingerprint density at radius 2 is 2.00 bits per heavy atom. The van der Waals surface area contributed by atoms with E-state index in [2.05, 4.69) is 4.98 Å². The first-order chi connectivity index (χ1) is 9.83. The molecule has 1 heterocycles. The molecular weight excluding hydrogens is 250 g/mol. The van der Waals surface area contributed by atoms with E-state index in [0.717, 1.165) is 28.2 Å². The van der Waals surface area contributed by atoms with Gasteiger partial charge in [0.25, 0.3) is 0 Å². The number of rotatable bonds is 3. The van der Waals surface area contributed by atoms with E-state index in [1.807, 2.05) is 42.6 Å². The summed E-state index contributed by atoms with van der Waals surface area (Å²) in [6, 6.07) is 13.5. The Bertz CT molecular complexity index is 776. The number of methoxy groups -OCH3 is 1. The maximum Gasteiger partial charge on any atom is 0.150 e. The molecule has 0 N–H and O–H groups in total. The Morgan fingerprint density at radius 3 is 2.80 bits per heavy atom. The molecule has 0 saturated heterocycles. The number of aromatic nitrogens is 1. The molecule has 0 aliphatic carbocycles. The lowest BCUT2D eigenvalue weighted by atomic mass is 9.96. The number of carbonyl (C=O) groups excluding carboxylic acids is 1. The maximum atomic E-state index is 11.3. The second-order valence-electron chi connectivity index (χ2n) is 4.47. The Kier molecular flexibility index (Phi) is 3.17. The third-order valence-corrected chi connectivity index (χ3v) is 3.36. The minimum Gasteiger partial charge on any atom is -0.497 e. The summed E-state index contributed by atoms with van der Waals surface area (Å²) in [5.41, 5.74) is 2.54. The third kappa shape index (κ3) is 2.03. The largest absolute Gasteiger partial charge is 0.497 e. The number of nitrogens with zero attached hydrogens (tertiary/aromatic N) is 1. The molecule has 20 heavy (non-hydrogen) atoms. The summed E-state index contributed by atoms with van der Waals surface area (Å²) in [6.45, 7) is 0. The highest BCUT2D eigenvalue weighted by Crippen LogP contribution is 2.31. The monoisotopic (exact) mass is 263 g/mol. The van der Waals surface area contributed by atoms with Crippen LogP contribution in [0.15, 0.2) is 54.9 Å². The minimum absolute atomic E-state index is 0.619. The number of benzene rings is 2. The molecule has 0 unspecified atom stereocenters. The molecule has 98 valence electrons. The van der Waals surface area contributed by atoms with Gasteiger partial charge in [0.15, 0.2) is 6.29 Å². The predicted octanol–water partition coefficient (Wildman–Crippen LogP) is 3.72. The van der Waals surface area contributed by atoms with Crippen molar-refractivity contribution < 1.29 is 9.53 Å². The van der Waals surface area contributed by atoms with Gasteiger partial charge in [0.1, 0.15) is 5.75 Å². The fourth-order valence-electron chi connectivity index (χ4n) is 2.37. The van der Waals surface area contributed by atoms with Gasteiger partial charge in [-0.25, -0.2) is 0 Å². The number of aldehydes is 1. The van der Waals surface area contributed by atoms with E-state index in [9.17, 15) is 4.79 Å². The number of hydrogen-bond acceptors (Lipinski definition) is 3. The third-order valence-electron chi connectivity index (χ3n) is 3.36. The van der Waals surface area contributed by atoms with Gasteiger partial charge in [-0.05, 0) is 40.8 Å². The lowest BCUT2D eigenvalue weighted by molar-refractivity contribution is 0.112. The Labute approximate surface area is 116 Å². The average Bonchev–Trinajstić information content (AvgIpc) is 2.53. The molecule has 0 aliphatic heterocycles. The first-order valence-electron chi connectivity index (χ1n) is 6.30. The Morgan fingerprint density at radius 1 is 1.10 bits per heavy atom. The summed E-state index contributed by atoms with van der Waals surface area (Å²) >= 11 is 0. The summed E-state index contributed by atoms with van der Waals surface area (Å²) in [5.74, 6) is 0.678. The molecule has 3 rings (SSSR count). The van der Waals surface area contributed by atoms with Crippen molar-refractivity contribution in [1.82, 2.24) is 4.98 Å². The van der Waals surface area contributed by atoms with E-state index < -0.39 is 0 Å². The zero-order valence-corrected chi connectivity index (χ0v) is 11.0. The molecule has 0 spiro atoms. The fraction of sp³-hybridized carbons (Fsp3) is 0.0588. The normalized spacial score (nSPS) is 10.4. The van der Waals surface area contributed by atoms with Crippen LogP contribution in [-0.2, 0) is 0 Å². The topological polar surface area (TPSA) is 39.2 Å². The molecule has 3 nitrogen and oxygen atoms in total. The molecule has 0 atom stereocenters. The van der Waals surface area contributed by atoms with Gasteiger partial charge < -0.3 is 4.74 Å². The van der Waals surface area contributed by atoms with Crippen molar-refractivity contribution in [2.75, 3.05) is 7.11 Å². The number of hydrogen-bond donors (Lipinski definition) is 0. The van der Waals surface area contributed by atoms with Crippen LogP contribution in [0.2, 0.25) is 0 Å². The van der Waals surface area contributed by atoms with Crippen LogP contribution in [0.25, 0.3) is 21.9 Å². The summed E-state index contributed by atoms with van der Waals surface area (Å²) in [4.78, 5) is 15.5. The molecule has 3 heteroatoms. The van der Waals surface area contributed by atoms with Crippen molar-refractivity contribution in [2.24, 2.45) is 0 Å². The van der Waals surface area contributed by atoms with E-state index in [4.69, 9.17) is 4.74 Å². The molecule has 0 radical (unpaired) electrons. The van der Waals surface area contributed by atoms with Crippen molar-refractivity contribution >= 4 is 17.1 Å². The van der Waals surface area contributed by atoms with Crippen molar-refractivity contribution in [3.8, 4) is 16.9 Å². The molecule has 0 saturated carbocycles. The van der Waals surface area contributed by atoms with Gasteiger partial charge >= 0.3 is 0 Å². The fourth-order valence-corrected chi connectivity index (χ4v) is 2.37. The van der Waals surface area contributed by atoms with Gasteiger partial charge in [0.05, 0.1) is 7.11 Å². The van der Waals surface area contributed by atoms with Crippen LogP contribution in [0.5, 0.6) is 5.75 Å². The molecule has 0 amide bonds. The summed E-state index contributed by atoms with van der Waals surface area (Å²) in [5, 5.41) is 2.13. The molecule has 0 bridgehead atoms. The lowest BCUT2D eigenvalue weighted by Gasteiger charge is -2.10. The van der Waals surface area contributed by atoms with Crippen LogP contribution in [0.4, 0.5) is 0 Å². The van der Waals surface area contributed by atoms with Gasteiger partial charge in [-0.3, -0.25) is 9.78 Å². The van der Waals surface area contributed by atoms with Crippen LogP contribution < -0.4 is 4.74 Å². The zero-order chi connectivity index (χ0) is 13.9. The molecule has 1 aromatic heterocycles. The quantitative estimate of drug-likeness (QED) is 0.676. The second-order valence-corrected chi connectivity index (χ2v) is 4.47. The predicted molar refractivity (Wildman–Crippen MR) is 79.1 cm³/mol. The number of fused-ring (bicyclic) bond motifs is 1. The van der Waals surface area contributed by atoms with Crippen LogP contribution in [0.1, 0.15) is 10.4 Å². The standard InChI is InChI=1S/C17H13NO2/c1-20-14-5-6-15(13(9-14)11-19)17-4-2-3-12-10-18-8-7-16(12)17/h2-11H,1H3. The van der Waals surface area contributed by atoms with Crippen molar-refractivity contribution in [2.45, 2.75) is 0 Å². The van der Waals surface area contributed by atoms with Crippen LogP contribution in [-0.4, -0.2) is 18.4 Å². The lowest BCUT2D eigenvalue weighted by Crippen LogP contribution is -1.91. The second kappa shape index (κ2) is 5.13. The van der Waals surface area contributed by atoms with Crippen LogP contribution in [0.3, 0.4) is 0 Å². The van der Waals surface area contributed by atoms with Gasteiger partial charge in [-0.15, -0.1) is 0 Å². The SMILES string of the molecule is COc1ccc(-c2cccc3cnccc23)c(C=O)c1. The zero-order valence-electron chi connectivity index (χ0n) is 11.0. The highest BCUT2D eigenvalue weighted by molar-refractivity contribution is 6.00. The summed E-state index contributed by atoms with van der Waals surface area (Å²) in [6.07, 6.45) is 4.44. The average molecular weight is 263 g/mol. The van der Waals surface area contributed by atoms with E-state index in [1.54, 1.807) is 19.4 Å². The first-order valence-corrected chi connectivity index (χ1v) is 6.30. The highest BCUT2D eigenvalue weighted by atomic mass is 16.5. The molecule has 2 aromatic carbocycles. The van der Waals surface area contributed by atoms with Gasteiger partial charge in [0, 0.05) is 23.3 Å². The number of carbonyl (C=O) groups is 1. The highest BCUT2D eigenvalue weighted by Gasteiger charge is 2.09. The van der Waals surface area contributed by atoms with Gasteiger partial charge in [-0.1, -0.05) is 18.2 Å². The summed E-state index contributed by atoms with van der Waals surface area (Å²) < 4.78 is 5.17. The first kappa shape index (κ1) is 12.4. The molecule has 3 aromatic rings. The maximum absolute atomic E-state index is 11.3. The van der Waals surface area contributed by atoms with Crippen LogP contribution >= 0.6 is 0 Å². The van der Waals surface area contributed by atoms with Crippen molar-refractivity contribution in [1.29, 1.82) is 0 Å². The smallest absolute Gasteiger partial charge is 0.150 e. The Balaban J connectivity index is 2.28. The van der Waals surface area contributed by atoms with Crippen molar-refractivity contribution in [3.05, 3.63) is 60.4 Å². The Hall–Kier alpha value is -2.68. The molecular formula is C17H13NO2. The van der Waals surface area contributed by atoms with E-state index in [0.29, 0.717) is 11.3 Å². The van der Waals surface area contributed by atoms with E-state index >= 15 is 0 Å². The van der Waals surface area contributed by atoms with Crippen LogP contribution in [0, 0.1) is 0 Å². The van der Waals surface area contributed by atoms with Gasteiger partial charge in [0.2, 0.25) is 0 Å². The van der Waals surface area contributed by atoms with Gasteiger partial charge in [-0.2, -0.15) is 0 Å².